The predicted molar refractivity (Wildman–Crippen MR) is 89.9 cm³/mol. The van der Waals surface area contributed by atoms with Crippen LogP contribution in [0.2, 0.25) is 5.02 Å². The minimum absolute atomic E-state index is 0.0348. The van der Waals surface area contributed by atoms with Crippen molar-refractivity contribution in [2.24, 2.45) is 0 Å². The monoisotopic (exact) mass is 364 g/mol. The summed E-state index contributed by atoms with van der Waals surface area (Å²) in [5, 5.41) is 19.7. The van der Waals surface area contributed by atoms with Gasteiger partial charge in [0.1, 0.15) is 29.3 Å². The maximum Gasteiger partial charge on any atom is 0.342 e. The molecule has 6 nitrogen and oxygen atoms in total. The minimum Gasteiger partial charge on any atom is -0.507 e. The molecule has 2 heterocycles. The number of halogens is 1. The number of rotatable bonds is 0. The molecule has 0 saturated carbocycles. The summed E-state index contributed by atoms with van der Waals surface area (Å²) >= 11 is 6.05. The molecule has 1 fully saturated rings. The average molecular weight is 365 g/mol. The molecule has 1 saturated heterocycles. The third kappa shape index (κ3) is 3.86. The van der Waals surface area contributed by atoms with E-state index in [-0.39, 0.29) is 40.6 Å². The van der Waals surface area contributed by atoms with Crippen molar-refractivity contribution in [3.63, 3.8) is 0 Å². The molecule has 0 aromatic heterocycles. The van der Waals surface area contributed by atoms with Crippen LogP contribution >= 0.6 is 11.6 Å². The topological polar surface area (TPSA) is 96.4 Å². The first-order valence-electron chi connectivity index (χ1n) is 7.84. The maximum absolute atomic E-state index is 12.5. The predicted octanol–water partition coefficient (Wildman–Crippen LogP) is 2.69. The molecule has 0 bridgehead atoms. The molecule has 3 atom stereocenters. The fourth-order valence-electron chi connectivity index (χ4n) is 2.78. The Labute approximate surface area is 149 Å². The maximum atomic E-state index is 12.5. The van der Waals surface area contributed by atoms with Crippen molar-refractivity contribution in [1.82, 2.24) is 0 Å². The molecule has 0 amide bonds. The van der Waals surface area contributed by atoms with Crippen molar-refractivity contribution >= 4 is 23.4 Å². The van der Waals surface area contributed by atoms with E-state index >= 15 is 0 Å². The summed E-state index contributed by atoms with van der Waals surface area (Å²) in [6.45, 7) is 1.72. The molecule has 0 spiro atoms. The molecule has 2 aliphatic heterocycles. The zero-order valence-electron chi connectivity index (χ0n) is 13.4. The van der Waals surface area contributed by atoms with Gasteiger partial charge in [-0.2, -0.15) is 0 Å². The molecular formula is C18H17ClO6. The summed E-state index contributed by atoms with van der Waals surface area (Å²) in [5.41, 5.74) is -0.176. The van der Waals surface area contributed by atoms with E-state index in [9.17, 15) is 19.8 Å². The molecule has 2 N–H and O–H groups in total. The van der Waals surface area contributed by atoms with E-state index in [0.29, 0.717) is 6.42 Å². The van der Waals surface area contributed by atoms with E-state index in [0.717, 1.165) is 6.07 Å². The molecule has 2 aliphatic rings. The summed E-state index contributed by atoms with van der Waals surface area (Å²) in [5.74, 6) is -2.04. The van der Waals surface area contributed by atoms with Crippen molar-refractivity contribution < 1.29 is 29.3 Å². The van der Waals surface area contributed by atoms with E-state index in [2.05, 4.69) is 0 Å². The van der Waals surface area contributed by atoms with Crippen LogP contribution in [0.1, 0.15) is 29.3 Å². The van der Waals surface area contributed by atoms with E-state index in [1.807, 2.05) is 6.08 Å². The lowest BCUT2D eigenvalue weighted by molar-refractivity contribution is -0.114. The van der Waals surface area contributed by atoms with Gasteiger partial charge in [-0.15, -0.1) is 0 Å². The van der Waals surface area contributed by atoms with Gasteiger partial charge in [0.15, 0.2) is 5.78 Å². The SMILES string of the molecule is C[C@@H]1CC2O[C@@H]2C=CC=CC(=O)Cc2c(Cl)c(O)cc(O)c2C(=O)O1. The standard InChI is InChI=1S/C18H17ClO6/c1-9-6-15-14(25-15)5-3-2-4-10(20)7-11-16(18(23)24-9)12(21)8-13(22)17(11)19/h2-5,8-9,14-15,21-22H,6-7H2,1H3/t9-,14-,15?/m1/s1. The number of fused-ring (bicyclic) bond motifs is 2. The lowest BCUT2D eigenvalue weighted by Gasteiger charge is -2.16. The molecule has 1 aromatic carbocycles. The van der Waals surface area contributed by atoms with Crippen LogP contribution in [0.5, 0.6) is 11.5 Å². The number of ether oxygens (including phenoxy) is 2. The van der Waals surface area contributed by atoms with Crippen LogP contribution in [0, 0.1) is 0 Å². The van der Waals surface area contributed by atoms with E-state index in [1.54, 1.807) is 19.1 Å². The zero-order valence-corrected chi connectivity index (χ0v) is 14.2. The second kappa shape index (κ2) is 6.90. The summed E-state index contributed by atoms with van der Waals surface area (Å²) in [4.78, 5) is 24.6. The second-order valence-electron chi connectivity index (χ2n) is 6.06. The lowest BCUT2D eigenvalue weighted by atomic mass is 10.00. The fourth-order valence-corrected chi connectivity index (χ4v) is 3.00. The van der Waals surface area contributed by atoms with Gasteiger partial charge in [0.2, 0.25) is 0 Å². The molecule has 25 heavy (non-hydrogen) atoms. The molecule has 0 aliphatic carbocycles. The molecule has 3 rings (SSSR count). The first-order chi connectivity index (χ1) is 11.9. The van der Waals surface area contributed by atoms with Crippen molar-refractivity contribution in [3.8, 4) is 11.5 Å². The van der Waals surface area contributed by atoms with Crippen LogP contribution in [0.4, 0.5) is 0 Å². The van der Waals surface area contributed by atoms with Gasteiger partial charge in [0, 0.05) is 24.5 Å². The Kier molecular flexibility index (Phi) is 4.83. The summed E-state index contributed by atoms with van der Waals surface area (Å²) in [6, 6.07) is 0.958. The Morgan fingerprint density at radius 2 is 1.96 bits per heavy atom. The van der Waals surface area contributed by atoms with Crippen LogP contribution in [0.15, 0.2) is 30.4 Å². The molecule has 7 heteroatoms. The summed E-state index contributed by atoms with van der Waals surface area (Å²) in [7, 11) is 0. The number of cyclic esters (lactones) is 1. The normalized spacial score (nSPS) is 26.4. The smallest absolute Gasteiger partial charge is 0.342 e. The van der Waals surface area contributed by atoms with Gasteiger partial charge in [-0.3, -0.25) is 4.79 Å². The Morgan fingerprint density at radius 1 is 1.20 bits per heavy atom. The first kappa shape index (κ1) is 17.5. The largest absolute Gasteiger partial charge is 0.507 e. The quantitative estimate of drug-likeness (QED) is 0.542. The van der Waals surface area contributed by atoms with Gasteiger partial charge >= 0.3 is 5.97 Å². The van der Waals surface area contributed by atoms with Crippen molar-refractivity contribution in [2.45, 2.75) is 38.1 Å². The Hall–Kier alpha value is -2.31. The average Bonchev–Trinajstić information content (AvgIpc) is 3.25. The number of phenols is 2. The number of hydrogen-bond donors (Lipinski definition) is 2. The van der Waals surface area contributed by atoms with Crippen LogP contribution in [-0.2, 0) is 20.7 Å². The molecule has 132 valence electrons. The third-order valence-corrected chi connectivity index (χ3v) is 4.49. The van der Waals surface area contributed by atoms with Crippen LogP contribution in [0.3, 0.4) is 0 Å². The highest BCUT2D eigenvalue weighted by Gasteiger charge is 2.38. The highest BCUT2D eigenvalue weighted by molar-refractivity contribution is 6.33. The number of epoxide rings is 1. The van der Waals surface area contributed by atoms with Gasteiger partial charge in [0.05, 0.1) is 11.1 Å². The minimum atomic E-state index is -0.802. The molecule has 1 unspecified atom stereocenters. The van der Waals surface area contributed by atoms with Gasteiger partial charge in [0.25, 0.3) is 0 Å². The second-order valence-corrected chi connectivity index (χ2v) is 6.44. The zero-order chi connectivity index (χ0) is 18.1. The van der Waals surface area contributed by atoms with E-state index in [4.69, 9.17) is 21.1 Å². The number of aromatic hydroxyl groups is 2. The van der Waals surface area contributed by atoms with Crippen LogP contribution in [-0.4, -0.2) is 40.3 Å². The number of ketones is 1. The Bertz CT molecular complexity index is 782. The number of benzene rings is 1. The molecular weight excluding hydrogens is 348 g/mol. The van der Waals surface area contributed by atoms with E-state index in [1.165, 1.54) is 6.08 Å². The number of allylic oxidation sites excluding steroid dienone is 3. The van der Waals surface area contributed by atoms with Gasteiger partial charge in [-0.1, -0.05) is 29.8 Å². The number of carbonyl (C=O) groups excluding carboxylic acids is 2. The van der Waals surface area contributed by atoms with Crippen molar-refractivity contribution in [3.05, 3.63) is 46.5 Å². The first-order valence-corrected chi connectivity index (χ1v) is 8.22. The number of carbonyl (C=O) groups is 2. The molecule has 1 aromatic rings. The van der Waals surface area contributed by atoms with Crippen LogP contribution in [0.25, 0.3) is 0 Å². The van der Waals surface area contributed by atoms with Crippen LogP contribution < -0.4 is 0 Å². The summed E-state index contributed by atoms with van der Waals surface area (Å²) < 4.78 is 10.8. The van der Waals surface area contributed by atoms with Gasteiger partial charge in [-0.05, 0) is 13.0 Å². The van der Waals surface area contributed by atoms with E-state index < -0.39 is 23.6 Å². The van der Waals surface area contributed by atoms with Crippen molar-refractivity contribution in [2.75, 3.05) is 0 Å². The third-order valence-electron chi connectivity index (χ3n) is 4.06. The highest BCUT2D eigenvalue weighted by Crippen LogP contribution is 2.37. The number of hydrogen-bond acceptors (Lipinski definition) is 6. The Morgan fingerprint density at radius 3 is 2.72 bits per heavy atom. The molecule has 0 radical (unpaired) electrons. The Balaban J connectivity index is 2.01. The highest BCUT2D eigenvalue weighted by atomic mass is 35.5. The summed E-state index contributed by atoms with van der Waals surface area (Å²) in [6.07, 6.45) is 6.13. The fraction of sp³-hybridized carbons (Fsp3) is 0.333. The number of phenolic OH excluding ortho intramolecular Hbond substituents is 2. The van der Waals surface area contributed by atoms with Crippen molar-refractivity contribution in [1.29, 1.82) is 0 Å². The lowest BCUT2D eigenvalue weighted by Crippen LogP contribution is -2.19. The van der Waals surface area contributed by atoms with Gasteiger partial charge < -0.3 is 19.7 Å². The number of esters is 1. The van der Waals surface area contributed by atoms with Gasteiger partial charge in [-0.25, -0.2) is 4.79 Å².